The van der Waals surface area contributed by atoms with Gasteiger partial charge in [-0.2, -0.15) is 0 Å². The third-order valence-electron chi connectivity index (χ3n) is 6.19. The summed E-state index contributed by atoms with van der Waals surface area (Å²) in [5.41, 5.74) is 1.02. The Hall–Kier alpha value is -2.35. The molecule has 3 aliphatic heterocycles. The Morgan fingerprint density at radius 1 is 1.10 bits per heavy atom. The maximum atomic E-state index is 12.1. The van der Waals surface area contributed by atoms with Crippen molar-refractivity contribution in [3.05, 3.63) is 34.4 Å². The van der Waals surface area contributed by atoms with Gasteiger partial charge in [-0.3, -0.25) is 15.0 Å². The number of carbonyl (C=O) groups is 1. The molecule has 1 aromatic carbocycles. The van der Waals surface area contributed by atoms with Crippen molar-refractivity contribution in [1.82, 2.24) is 9.80 Å². The van der Waals surface area contributed by atoms with Crippen LogP contribution in [0, 0.1) is 15.5 Å². The summed E-state index contributed by atoms with van der Waals surface area (Å²) in [6.07, 6.45) is 2.00. The van der Waals surface area contributed by atoms with E-state index in [1.165, 1.54) is 0 Å². The molecule has 0 N–H and O–H groups in total. The lowest BCUT2D eigenvalue weighted by Crippen LogP contribution is -2.74. The summed E-state index contributed by atoms with van der Waals surface area (Å²) >= 11 is 0. The first-order valence-electron chi connectivity index (χ1n) is 10.4. The number of nitro benzene ring substituents is 1. The molecule has 1 amide bonds. The number of nitro groups is 1. The number of hydrogen-bond donors (Lipinski definition) is 0. The molecule has 0 saturated carbocycles. The van der Waals surface area contributed by atoms with E-state index in [2.05, 4.69) is 9.80 Å². The van der Waals surface area contributed by atoms with Crippen LogP contribution < -0.4 is 4.90 Å². The van der Waals surface area contributed by atoms with E-state index in [1.54, 1.807) is 12.1 Å². The van der Waals surface area contributed by atoms with Crippen molar-refractivity contribution in [2.75, 3.05) is 44.2 Å². The molecule has 3 aliphatic rings. The van der Waals surface area contributed by atoms with Gasteiger partial charge in [0.05, 0.1) is 4.92 Å². The Balaban J connectivity index is 1.21. The minimum absolute atomic E-state index is 0.135. The van der Waals surface area contributed by atoms with Gasteiger partial charge >= 0.3 is 6.09 Å². The highest BCUT2D eigenvalue weighted by Gasteiger charge is 2.55. The number of amides is 1. The first-order valence-corrected chi connectivity index (χ1v) is 10.4. The second kappa shape index (κ2) is 7.16. The summed E-state index contributed by atoms with van der Waals surface area (Å²) in [7, 11) is 0. The lowest BCUT2D eigenvalue weighted by Gasteiger charge is -2.62. The maximum absolute atomic E-state index is 12.1. The van der Waals surface area contributed by atoms with Gasteiger partial charge in [0.1, 0.15) is 5.60 Å². The minimum atomic E-state index is -0.441. The predicted octanol–water partition coefficient (Wildman–Crippen LogP) is 3.12. The highest BCUT2D eigenvalue weighted by atomic mass is 16.6. The van der Waals surface area contributed by atoms with Crippen LogP contribution in [0.25, 0.3) is 0 Å². The van der Waals surface area contributed by atoms with Gasteiger partial charge in [-0.25, -0.2) is 4.79 Å². The van der Waals surface area contributed by atoms with E-state index < -0.39 is 5.60 Å². The second-order valence-electron chi connectivity index (χ2n) is 9.73. The van der Waals surface area contributed by atoms with Crippen LogP contribution in [0.2, 0.25) is 0 Å². The van der Waals surface area contributed by atoms with E-state index in [-0.39, 0.29) is 22.1 Å². The van der Waals surface area contributed by atoms with Crippen LogP contribution in [-0.2, 0) is 4.74 Å². The fourth-order valence-corrected chi connectivity index (χ4v) is 4.77. The zero-order valence-electron chi connectivity index (χ0n) is 17.5. The van der Waals surface area contributed by atoms with Crippen LogP contribution in [0.3, 0.4) is 0 Å². The Morgan fingerprint density at radius 2 is 1.69 bits per heavy atom. The first-order chi connectivity index (χ1) is 13.6. The van der Waals surface area contributed by atoms with Gasteiger partial charge in [0, 0.05) is 68.5 Å². The number of anilines is 1. The molecule has 3 fully saturated rings. The number of nitrogens with zero attached hydrogens (tertiary/aromatic N) is 4. The lowest BCUT2D eigenvalue weighted by molar-refractivity contribution is -0.384. The van der Waals surface area contributed by atoms with Gasteiger partial charge in [0.25, 0.3) is 5.69 Å². The molecule has 0 unspecified atom stereocenters. The molecule has 3 heterocycles. The Kier molecular flexibility index (Phi) is 4.93. The predicted molar refractivity (Wildman–Crippen MR) is 110 cm³/mol. The monoisotopic (exact) mass is 402 g/mol. The number of benzene rings is 1. The SMILES string of the molecule is CC(C)(C)OC(=O)N1CC2(C1)CN(C1CCN(c3ccc([N+](=O)[O-])cc3)CC1)C2. The van der Waals surface area contributed by atoms with Crippen molar-refractivity contribution < 1.29 is 14.5 Å². The van der Waals surface area contributed by atoms with E-state index in [1.807, 2.05) is 37.8 Å². The smallest absolute Gasteiger partial charge is 0.410 e. The summed E-state index contributed by atoms with van der Waals surface area (Å²) < 4.78 is 5.45. The molecule has 0 radical (unpaired) electrons. The van der Waals surface area contributed by atoms with E-state index in [0.717, 1.165) is 57.8 Å². The number of carbonyl (C=O) groups excluding carboxylic acids is 1. The van der Waals surface area contributed by atoms with Gasteiger partial charge in [-0.1, -0.05) is 0 Å². The quantitative estimate of drug-likeness (QED) is 0.571. The number of ether oxygens (including phenoxy) is 1. The fourth-order valence-electron chi connectivity index (χ4n) is 4.77. The topological polar surface area (TPSA) is 79.2 Å². The first kappa shape index (κ1) is 19.9. The van der Waals surface area contributed by atoms with Crippen LogP contribution in [-0.4, -0.2) is 71.7 Å². The summed E-state index contributed by atoms with van der Waals surface area (Å²) in [5, 5.41) is 10.8. The molecule has 0 aromatic heterocycles. The van der Waals surface area contributed by atoms with Crippen molar-refractivity contribution in [3.8, 4) is 0 Å². The average Bonchev–Trinajstić information content (AvgIpc) is 2.58. The number of non-ortho nitro benzene ring substituents is 1. The van der Waals surface area contributed by atoms with Crippen LogP contribution in [0.5, 0.6) is 0 Å². The molecule has 1 aromatic rings. The molecular weight excluding hydrogens is 372 g/mol. The van der Waals surface area contributed by atoms with Gasteiger partial charge in [-0.15, -0.1) is 0 Å². The third kappa shape index (κ3) is 4.17. The van der Waals surface area contributed by atoms with Crippen molar-refractivity contribution in [2.24, 2.45) is 5.41 Å². The zero-order chi connectivity index (χ0) is 20.8. The molecule has 8 nitrogen and oxygen atoms in total. The number of likely N-dealkylation sites (tertiary alicyclic amines) is 2. The van der Waals surface area contributed by atoms with Crippen LogP contribution in [0.4, 0.5) is 16.2 Å². The number of rotatable bonds is 3. The molecule has 158 valence electrons. The Bertz CT molecular complexity index is 767. The molecule has 8 heteroatoms. The zero-order valence-corrected chi connectivity index (χ0v) is 17.5. The van der Waals surface area contributed by atoms with Crippen molar-refractivity contribution in [1.29, 1.82) is 0 Å². The standard InChI is InChI=1S/C21H30N4O4/c1-20(2,3)29-19(26)24-14-21(15-24)12-23(13-21)17-8-10-22(11-9-17)16-4-6-18(7-5-16)25(27)28/h4-7,17H,8-15H2,1-3H3. The normalized spacial score (nSPS) is 22.2. The number of hydrogen-bond acceptors (Lipinski definition) is 6. The van der Waals surface area contributed by atoms with Crippen LogP contribution in [0.15, 0.2) is 24.3 Å². The summed E-state index contributed by atoms with van der Waals surface area (Å²) in [6.45, 7) is 11.4. The highest BCUT2D eigenvalue weighted by molar-refractivity contribution is 5.69. The van der Waals surface area contributed by atoms with Crippen LogP contribution >= 0.6 is 0 Å². The average molecular weight is 402 g/mol. The van der Waals surface area contributed by atoms with Crippen molar-refractivity contribution in [3.63, 3.8) is 0 Å². The van der Waals surface area contributed by atoms with Gasteiger partial charge in [0.2, 0.25) is 0 Å². The summed E-state index contributed by atoms with van der Waals surface area (Å²) in [6, 6.07) is 7.43. The van der Waals surface area contributed by atoms with Gasteiger partial charge in [-0.05, 0) is 45.7 Å². The van der Waals surface area contributed by atoms with Crippen molar-refractivity contribution >= 4 is 17.5 Å². The van der Waals surface area contributed by atoms with E-state index in [9.17, 15) is 14.9 Å². The largest absolute Gasteiger partial charge is 0.444 e. The summed E-state index contributed by atoms with van der Waals surface area (Å²) in [5.74, 6) is 0. The molecule has 0 aliphatic carbocycles. The lowest BCUT2D eigenvalue weighted by atomic mass is 9.72. The fraction of sp³-hybridized carbons (Fsp3) is 0.667. The number of piperidine rings is 1. The molecule has 29 heavy (non-hydrogen) atoms. The third-order valence-corrected chi connectivity index (χ3v) is 6.19. The maximum Gasteiger partial charge on any atom is 0.410 e. The van der Waals surface area contributed by atoms with Gasteiger partial charge in [0.15, 0.2) is 0 Å². The molecule has 4 rings (SSSR count). The molecule has 0 bridgehead atoms. The molecular formula is C21H30N4O4. The molecule has 3 saturated heterocycles. The Labute approximate surface area is 171 Å². The Morgan fingerprint density at radius 3 is 2.21 bits per heavy atom. The van der Waals surface area contributed by atoms with E-state index >= 15 is 0 Å². The second-order valence-corrected chi connectivity index (χ2v) is 9.73. The summed E-state index contributed by atoms with van der Waals surface area (Å²) in [4.78, 5) is 29.3. The molecule has 0 atom stereocenters. The molecule has 1 spiro atoms. The van der Waals surface area contributed by atoms with E-state index in [4.69, 9.17) is 4.74 Å². The van der Waals surface area contributed by atoms with Crippen LogP contribution in [0.1, 0.15) is 33.6 Å². The highest BCUT2D eigenvalue weighted by Crippen LogP contribution is 2.42. The van der Waals surface area contributed by atoms with E-state index in [0.29, 0.717) is 6.04 Å². The minimum Gasteiger partial charge on any atom is -0.444 e. The van der Waals surface area contributed by atoms with Gasteiger partial charge < -0.3 is 14.5 Å². The van der Waals surface area contributed by atoms with Crippen molar-refractivity contribution in [2.45, 2.75) is 45.3 Å².